The van der Waals surface area contributed by atoms with Crippen LogP contribution in [-0.2, 0) is 11.8 Å². The van der Waals surface area contributed by atoms with Crippen LogP contribution < -0.4 is 11.1 Å². The second-order valence-electron chi connectivity index (χ2n) is 4.75. The van der Waals surface area contributed by atoms with E-state index < -0.39 is 6.04 Å². The van der Waals surface area contributed by atoms with Crippen LogP contribution in [0.1, 0.15) is 30.9 Å². The number of rotatable bonds is 4. The van der Waals surface area contributed by atoms with Crippen molar-refractivity contribution >= 4 is 17.7 Å². The Morgan fingerprint density at radius 1 is 1.67 bits per heavy atom. The summed E-state index contributed by atoms with van der Waals surface area (Å²) in [6.07, 6.45) is 8.93. The van der Waals surface area contributed by atoms with E-state index in [1.54, 1.807) is 17.1 Å². The van der Waals surface area contributed by atoms with Gasteiger partial charge in [-0.25, -0.2) is 0 Å². The Morgan fingerprint density at radius 2 is 2.44 bits per heavy atom. The lowest BCUT2D eigenvalue weighted by atomic mass is 10.1. The van der Waals surface area contributed by atoms with Crippen molar-refractivity contribution in [2.75, 3.05) is 6.26 Å². The monoisotopic (exact) mass is 268 g/mol. The molecule has 0 bridgehead atoms. The number of nitrogens with two attached hydrogens (primary N) is 1. The van der Waals surface area contributed by atoms with Crippen molar-refractivity contribution in [2.45, 2.75) is 36.6 Å². The highest BCUT2D eigenvalue weighted by Crippen LogP contribution is 2.28. The first-order valence-electron chi connectivity index (χ1n) is 6.19. The molecule has 1 saturated carbocycles. The number of carbonyl (C=O) groups excluding carboxylic acids is 1. The summed E-state index contributed by atoms with van der Waals surface area (Å²) in [6, 6.07) is -0.364. The van der Waals surface area contributed by atoms with Crippen LogP contribution in [0.4, 0.5) is 0 Å². The van der Waals surface area contributed by atoms with E-state index in [0.29, 0.717) is 5.25 Å². The second kappa shape index (κ2) is 5.75. The van der Waals surface area contributed by atoms with E-state index in [1.807, 2.05) is 18.8 Å². The first-order chi connectivity index (χ1) is 8.61. The fourth-order valence-electron chi connectivity index (χ4n) is 2.40. The van der Waals surface area contributed by atoms with Crippen LogP contribution in [0.5, 0.6) is 0 Å². The Morgan fingerprint density at radius 3 is 3.06 bits per heavy atom. The van der Waals surface area contributed by atoms with Crippen molar-refractivity contribution in [3.05, 3.63) is 18.0 Å². The summed E-state index contributed by atoms with van der Waals surface area (Å²) in [5.41, 5.74) is 6.70. The Balaban J connectivity index is 1.95. The topological polar surface area (TPSA) is 72.9 Å². The van der Waals surface area contributed by atoms with Crippen LogP contribution in [0.3, 0.4) is 0 Å². The number of thioether (sulfide) groups is 1. The number of hydrogen-bond donors (Lipinski definition) is 2. The molecule has 0 saturated heterocycles. The average Bonchev–Trinajstić information content (AvgIpc) is 2.96. The Bertz CT molecular complexity index is 420. The van der Waals surface area contributed by atoms with Gasteiger partial charge in [0.15, 0.2) is 0 Å². The molecule has 1 aromatic heterocycles. The molecular formula is C12H20N4OS. The number of aryl methyl sites for hydroxylation is 1. The van der Waals surface area contributed by atoms with Gasteiger partial charge in [0.05, 0.1) is 6.20 Å². The van der Waals surface area contributed by atoms with E-state index in [-0.39, 0.29) is 11.9 Å². The Hall–Kier alpha value is -1.01. The maximum absolute atomic E-state index is 12.1. The summed E-state index contributed by atoms with van der Waals surface area (Å²) in [4.78, 5) is 12.1. The van der Waals surface area contributed by atoms with E-state index in [2.05, 4.69) is 16.7 Å². The van der Waals surface area contributed by atoms with Crippen molar-refractivity contribution in [3.63, 3.8) is 0 Å². The summed E-state index contributed by atoms with van der Waals surface area (Å²) in [6.45, 7) is 0. The van der Waals surface area contributed by atoms with Gasteiger partial charge in [-0.05, 0) is 19.1 Å². The molecule has 6 heteroatoms. The van der Waals surface area contributed by atoms with Crippen molar-refractivity contribution in [2.24, 2.45) is 12.8 Å². The molecule has 1 heterocycles. The number of nitrogens with one attached hydrogen (secondary N) is 1. The predicted molar refractivity (Wildman–Crippen MR) is 73.2 cm³/mol. The Labute approximate surface area is 111 Å². The van der Waals surface area contributed by atoms with E-state index >= 15 is 0 Å². The lowest BCUT2D eigenvalue weighted by Crippen LogP contribution is -2.43. The van der Waals surface area contributed by atoms with Crippen LogP contribution in [-0.4, -0.2) is 33.2 Å². The minimum Gasteiger partial charge on any atom is -0.351 e. The molecule has 18 heavy (non-hydrogen) atoms. The van der Waals surface area contributed by atoms with Gasteiger partial charge in [0.2, 0.25) is 5.91 Å². The standard InChI is InChI=1S/C12H20N4OS/c1-16-7-8(6-14-16)11(13)12(17)15-9-4-3-5-10(9)18-2/h6-7,9-11H,3-5,13H2,1-2H3,(H,15,17). The van der Waals surface area contributed by atoms with E-state index in [1.165, 1.54) is 12.8 Å². The van der Waals surface area contributed by atoms with Crippen molar-refractivity contribution < 1.29 is 4.79 Å². The lowest BCUT2D eigenvalue weighted by molar-refractivity contribution is -0.123. The van der Waals surface area contributed by atoms with Gasteiger partial charge in [-0.3, -0.25) is 9.48 Å². The van der Waals surface area contributed by atoms with Crippen LogP contribution in [0, 0.1) is 0 Å². The van der Waals surface area contributed by atoms with Crippen molar-refractivity contribution in [1.82, 2.24) is 15.1 Å². The van der Waals surface area contributed by atoms with Gasteiger partial charge in [-0.1, -0.05) is 6.42 Å². The van der Waals surface area contributed by atoms with Crippen LogP contribution in [0.2, 0.25) is 0 Å². The van der Waals surface area contributed by atoms with Crippen molar-refractivity contribution in [3.8, 4) is 0 Å². The third-order valence-corrected chi connectivity index (χ3v) is 4.62. The zero-order valence-electron chi connectivity index (χ0n) is 10.8. The summed E-state index contributed by atoms with van der Waals surface area (Å²) < 4.78 is 1.66. The zero-order valence-corrected chi connectivity index (χ0v) is 11.6. The molecule has 3 N–H and O–H groups in total. The fraction of sp³-hybridized carbons (Fsp3) is 0.667. The van der Waals surface area contributed by atoms with Crippen LogP contribution >= 0.6 is 11.8 Å². The molecule has 5 nitrogen and oxygen atoms in total. The van der Waals surface area contributed by atoms with Gasteiger partial charge in [0.25, 0.3) is 0 Å². The molecule has 1 aromatic rings. The molecule has 0 spiro atoms. The number of hydrogen-bond acceptors (Lipinski definition) is 4. The molecule has 0 radical (unpaired) electrons. The quantitative estimate of drug-likeness (QED) is 0.848. The first-order valence-corrected chi connectivity index (χ1v) is 7.48. The van der Waals surface area contributed by atoms with Gasteiger partial charge in [-0.2, -0.15) is 16.9 Å². The highest BCUT2D eigenvalue weighted by atomic mass is 32.2. The molecular weight excluding hydrogens is 248 g/mol. The third kappa shape index (κ3) is 2.87. The minimum absolute atomic E-state index is 0.103. The van der Waals surface area contributed by atoms with Crippen molar-refractivity contribution in [1.29, 1.82) is 0 Å². The van der Waals surface area contributed by atoms with Gasteiger partial charge < -0.3 is 11.1 Å². The van der Waals surface area contributed by atoms with Gasteiger partial charge in [0.1, 0.15) is 6.04 Å². The predicted octanol–water partition coefficient (Wildman–Crippen LogP) is 0.820. The molecule has 3 atom stereocenters. The first kappa shape index (κ1) is 13.4. The maximum Gasteiger partial charge on any atom is 0.241 e. The molecule has 1 fully saturated rings. The zero-order chi connectivity index (χ0) is 13.1. The highest BCUT2D eigenvalue weighted by Gasteiger charge is 2.29. The summed E-state index contributed by atoms with van der Waals surface area (Å²) in [5, 5.41) is 7.62. The number of aromatic nitrogens is 2. The number of nitrogens with zero attached hydrogens (tertiary/aromatic N) is 2. The van der Waals surface area contributed by atoms with Crippen LogP contribution in [0.15, 0.2) is 12.4 Å². The molecule has 1 aliphatic rings. The lowest BCUT2D eigenvalue weighted by Gasteiger charge is -2.21. The largest absolute Gasteiger partial charge is 0.351 e. The minimum atomic E-state index is -0.623. The number of carbonyl (C=O) groups is 1. The maximum atomic E-state index is 12.1. The molecule has 3 unspecified atom stereocenters. The Kier molecular flexibility index (Phi) is 4.29. The SMILES string of the molecule is CSC1CCCC1NC(=O)C(N)c1cnn(C)c1. The van der Waals surface area contributed by atoms with E-state index in [4.69, 9.17) is 5.73 Å². The average molecular weight is 268 g/mol. The third-order valence-electron chi connectivity index (χ3n) is 3.45. The second-order valence-corrected chi connectivity index (χ2v) is 5.82. The smallest absolute Gasteiger partial charge is 0.241 e. The molecule has 1 aliphatic carbocycles. The summed E-state index contributed by atoms with van der Waals surface area (Å²) in [5.74, 6) is -0.103. The molecule has 0 aromatic carbocycles. The summed E-state index contributed by atoms with van der Waals surface area (Å²) >= 11 is 1.82. The van der Waals surface area contributed by atoms with E-state index in [9.17, 15) is 4.79 Å². The van der Waals surface area contributed by atoms with Gasteiger partial charge in [0, 0.05) is 30.1 Å². The molecule has 100 valence electrons. The summed E-state index contributed by atoms with van der Waals surface area (Å²) in [7, 11) is 1.81. The molecule has 1 amide bonds. The fourth-order valence-corrected chi connectivity index (χ4v) is 3.33. The molecule has 2 rings (SSSR count). The molecule has 0 aliphatic heterocycles. The van der Waals surface area contributed by atoms with Gasteiger partial charge in [-0.15, -0.1) is 0 Å². The van der Waals surface area contributed by atoms with Crippen LogP contribution in [0.25, 0.3) is 0 Å². The van der Waals surface area contributed by atoms with Gasteiger partial charge >= 0.3 is 0 Å². The highest BCUT2D eigenvalue weighted by molar-refractivity contribution is 7.99. The normalized spacial score (nSPS) is 25.1. The van der Waals surface area contributed by atoms with E-state index in [0.717, 1.165) is 12.0 Å². The number of amides is 1.